The van der Waals surface area contributed by atoms with E-state index in [9.17, 15) is 4.79 Å². The van der Waals surface area contributed by atoms with Crippen LogP contribution in [0.25, 0.3) is 0 Å². The van der Waals surface area contributed by atoms with Crippen LogP contribution in [0.15, 0.2) is 0 Å². The Hall–Kier alpha value is -0.0700. The fourth-order valence-corrected chi connectivity index (χ4v) is 2.74. The van der Waals surface area contributed by atoms with Gasteiger partial charge in [0.2, 0.25) is 5.91 Å². The molecule has 7 heteroatoms. The molecule has 0 aromatic heterocycles. The summed E-state index contributed by atoms with van der Waals surface area (Å²) >= 11 is 0. The fraction of sp³-hybridized carbons (Fsp3) is 0.923. The Morgan fingerprint density at radius 3 is 2.40 bits per heavy atom. The highest BCUT2D eigenvalue weighted by Crippen LogP contribution is 2.27. The first-order valence-corrected chi connectivity index (χ1v) is 7.08. The van der Waals surface area contributed by atoms with E-state index < -0.39 is 5.54 Å². The molecule has 0 atom stereocenters. The third kappa shape index (κ3) is 5.74. The summed E-state index contributed by atoms with van der Waals surface area (Å²) in [6.07, 6.45) is 4.82. The van der Waals surface area contributed by atoms with Crippen LogP contribution in [-0.2, 0) is 9.53 Å². The van der Waals surface area contributed by atoms with Gasteiger partial charge in [-0.05, 0) is 25.8 Å². The van der Waals surface area contributed by atoms with E-state index in [4.69, 9.17) is 10.5 Å². The molecule has 2 aliphatic rings. The Morgan fingerprint density at radius 2 is 1.80 bits per heavy atom. The second-order valence-corrected chi connectivity index (χ2v) is 5.43. The van der Waals surface area contributed by atoms with E-state index in [-0.39, 0.29) is 30.7 Å². The molecule has 0 bridgehead atoms. The smallest absolute Gasteiger partial charge is 0.240 e. The molecule has 0 aromatic carbocycles. The minimum atomic E-state index is -0.584. The van der Waals surface area contributed by atoms with Gasteiger partial charge in [-0.1, -0.05) is 12.8 Å². The predicted octanol–water partition coefficient (Wildman–Crippen LogP) is 0.940. The minimum Gasteiger partial charge on any atom is -0.379 e. The van der Waals surface area contributed by atoms with Crippen LogP contribution in [0.4, 0.5) is 0 Å². The van der Waals surface area contributed by atoms with Crippen LogP contribution in [0.5, 0.6) is 0 Å². The van der Waals surface area contributed by atoms with E-state index in [1.54, 1.807) is 0 Å². The summed E-state index contributed by atoms with van der Waals surface area (Å²) in [6, 6.07) is 0. The molecule has 1 amide bonds. The molecule has 5 nitrogen and oxygen atoms in total. The summed E-state index contributed by atoms with van der Waals surface area (Å²) in [5.41, 5.74) is 5.50. The first-order chi connectivity index (χ1) is 8.71. The van der Waals surface area contributed by atoms with Gasteiger partial charge in [0, 0.05) is 19.6 Å². The number of carbonyl (C=O) groups excluding carboxylic acids is 1. The number of morpholine rings is 1. The van der Waals surface area contributed by atoms with Crippen molar-refractivity contribution in [2.24, 2.45) is 5.73 Å². The van der Waals surface area contributed by atoms with E-state index in [1.807, 2.05) is 0 Å². The molecule has 1 saturated carbocycles. The number of halogens is 2. The summed E-state index contributed by atoms with van der Waals surface area (Å²) in [4.78, 5) is 14.3. The Labute approximate surface area is 133 Å². The van der Waals surface area contributed by atoms with Crippen molar-refractivity contribution in [2.45, 2.75) is 37.6 Å². The van der Waals surface area contributed by atoms with Crippen molar-refractivity contribution < 1.29 is 9.53 Å². The number of rotatable bonds is 5. The lowest BCUT2D eigenvalue weighted by molar-refractivity contribution is -0.126. The average Bonchev–Trinajstić information content (AvgIpc) is 2.84. The number of nitrogens with zero attached hydrogens (tertiary/aromatic N) is 1. The molecule has 120 valence electrons. The van der Waals surface area contributed by atoms with Gasteiger partial charge in [0.15, 0.2) is 0 Å². The van der Waals surface area contributed by atoms with Crippen molar-refractivity contribution in [3.8, 4) is 0 Å². The summed E-state index contributed by atoms with van der Waals surface area (Å²) < 4.78 is 5.30. The van der Waals surface area contributed by atoms with Gasteiger partial charge in [0.05, 0.1) is 18.8 Å². The number of amides is 1. The first-order valence-electron chi connectivity index (χ1n) is 7.08. The molecule has 1 saturated heterocycles. The maximum Gasteiger partial charge on any atom is 0.240 e. The van der Waals surface area contributed by atoms with Crippen LogP contribution >= 0.6 is 24.8 Å². The summed E-state index contributed by atoms with van der Waals surface area (Å²) in [7, 11) is 0. The highest BCUT2D eigenvalue weighted by molar-refractivity contribution is 5.86. The normalized spacial score (nSPS) is 21.6. The minimum absolute atomic E-state index is 0. The lowest BCUT2D eigenvalue weighted by atomic mass is 9.98. The van der Waals surface area contributed by atoms with E-state index in [1.165, 1.54) is 0 Å². The van der Waals surface area contributed by atoms with E-state index in [0.717, 1.165) is 71.5 Å². The van der Waals surface area contributed by atoms with Crippen LogP contribution in [-0.4, -0.2) is 55.7 Å². The molecule has 0 radical (unpaired) electrons. The molecule has 2 rings (SSSR count). The molecule has 20 heavy (non-hydrogen) atoms. The standard InChI is InChI=1S/C13H25N3O2.2ClH/c14-13(4-1-2-5-13)12(17)15-6-3-7-16-8-10-18-11-9-16;;/h1-11,14H2,(H,15,17);2*1H. The number of carbonyl (C=O) groups is 1. The van der Waals surface area contributed by atoms with Crippen molar-refractivity contribution in [1.29, 1.82) is 0 Å². The van der Waals surface area contributed by atoms with Crippen molar-refractivity contribution in [1.82, 2.24) is 10.2 Å². The maximum absolute atomic E-state index is 11.9. The van der Waals surface area contributed by atoms with E-state index in [2.05, 4.69) is 10.2 Å². The van der Waals surface area contributed by atoms with Crippen molar-refractivity contribution >= 4 is 30.7 Å². The zero-order valence-corrected chi connectivity index (χ0v) is 13.6. The molecule has 0 spiro atoms. The third-order valence-corrected chi connectivity index (χ3v) is 3.99. The molecule has 0 aromatic rings. The first kappa shape index (κ1) is 19.9. The summed E-state index contributed by atoms with van der Waals surface area (Å²) in [5.74, 6) is 0.0435. The molecule has 1 aliphatic heterocycles. The van der Waals surface area contributed by atoms with Gasteiger partial charge >= 0.3 is 0 Å². The zero-order chi connectivity index (χ0) is 12.8. The Morgan fingerprint density at radius 1 is 1.20 bits per heavy atom. The molecule has 3 N–H and O–H groups in total. The number of nitrogens with one attached hydrogen (secondary N) is 1. The van der Waals surface area contributed by atoms with Gasteiger partial charge in [0.25, 0.3) is 0 Å². The van der Waals surface area contributed by atoms with E-state index >= 15 is 0 Å². The molecule has 0 unspecified atom stereocenters. The fourth-order valence-electron chi connectivity index (χ4n) is 2.74. The summed E-state index contributed by atoms with van der Waals surface area (Å²) in [6.45, 7) is 5.44. The monoisotopic (exact) mass is 327 g/mol. The molecule has 1 heterocycles. The molecular formula is C13H27Cl2N3O2. The second kappa shape index (κ2) is 9.79. The van der Waals surface area contributed by atoms with Crippen LogP contribution in [0.2, 0.25) is 0 Å². The number of nitrogens with two attached hydrogens (primary N) is 1. The maximum atomic E-state index is 11.9. The number of hydrogen-bond acceptors (Lipinski definition) is 4. The number of hydrogen-bond donors (Lipinski definition) is 2. The predicted molar refractivity (Wildman–Crippen MR) is 84.8 cm³/mol. The second-order valence-electron chi connectivity index (χ2n) is 5.43. The molecular weight excluding hydrogens is 301 g/mol. The van der Waals surface area contributed by atoms with Gasteiger partial charge in [-0.25, -0.2) is 0 Å². The van der Waals surface area contributed by atoms with Gasteiger partial charge in [0.1, 0.15) is 0 Å². The highest BCUT2D eigenvalue weighted by Gasteiger charge is 2.36. The van der Waals surface area contributed by atoms with Gasteiger partial charge in [-0.2, -0.15) is 0 Å². The lowest BCUT2D eigenvalue weighted by Gasteiger charge is -2.27. The van der Waals surface area contributed by atoms with Crippen molar-refractivity contribution in [3.05, 3.63) is 0 Å². The highest BCUT2D eigenvalue weighted by atomic mass is 35.5. The average molecular weight is 328 g/mol. The molecule has 2 fully saturated rings. The third-order valence-electron chi connectivity index (χ3n) is 3.99. The molecule has 1 aliphatic carbocycles. The van der Waals surface area contributed by atoms with Crippen LogP contribution in [0.1, 0.15) is 32.1 Å². The van der Waals surface area contributed by atoms with Gasteiger partial charge in [-0.3, -0.25) is 9.69 Å². The zero-order valence-electron chi connectivity index (χ0n) is 11.9. The van der Waals surface area contributed by atoms with Gasteiger partial charge in [-0.15, -0.1) is 24.8 Å². The Kier molecular flexibility index (Phi) is 9.76. The lowest BCUT2D eigenvalue weighted by Crippen LogP contribution is -2.52. The van der Waals surface area contributed by atoms with E-state index in [0.29, 0.717) is 0 Å². The topological polar surface area (TPSA) is 67.6 Å². The largest absolute Gasteiger partial charge is 0.379 e. The Balaban J connectivity index is 0.00000180. The quantitative estimate of drug-likeness (QED) is 0.737. The van der Waals surface area contributed by atoms with Crippen LogP contribution < -0.4 is 11.1 Å². The SMILES string of the molecule is Cl.Cl.NC1(C(=O)NCCCN2CCOCC2)CCCC1. The summed E-state index contributed by atoms with van der Waals surface area (Å²) in [5, 5.41) is 2.98. The van der Waals surface area contributed by atoms with Crippen LogP contribution in [0.3, 0.4) is 0 Å². The number of ether oxygens (including phenoxy) is 1. The van der Waals surface area contributed by atoms with Crippen molar-refractivity contribution in [2.75, 3.05) is 39.4 Å². The van der Waals surface area contributed by atoms with Gasteiger partial charge < -0.3 is 15.8 Å². The van der Waals surface area contributed by atoms with Crippen LogP contribution in [0, 0.1) is 0 Å². The Bertz CT molecular complexity index is 281. The van der Waals surface area contributed by atoms with Crippen molar-refractivity contribution in [3.63, 3.8) is 0 Å².